The minimum atomic E-state index is -4.23. The van der Waals surface area contributed by atoms with Crippen molar-refractivity contribution in [1.82, 2.24) is 10.2 Å². The van der Waals surface area contributed by atoms with E-state index in [-0.39, 0.29) is 22.7 Å². The number of anilines is 1. The van der Waals surface area contributed by atoms with E-state index in [1.165, 1.54) is 35.2 Å². The van der Waals surface area contributed by atoms with Crippen molar-refractivity contribution in [3.8, 4) is 0 Å². The summed E-state index contributed by atoms with van der Waals surface area (Å²) in [5, 5.41) is 3.14. The molecule has 3 aromatic carbocycles. The molecule has 10 heteroatoms. The third-order valence-corrected chi connectivity index (χ3v) is 8.87. The van der Waals surface area contributed by atoms with Crippen LogP contribution in [0.2, 0.25) is 5.02 Å². The van der Waals surface area contributed by atoms with Crippen molar-refractivity contribution in [3.05, 3.63) is 94.3 Å². The van der Waals surface area contributed by atoms with Gasteiger partial charge in [-0.15, -0.1) is 0 Å². The van der Waals surface area contributed by atoms with Crippen molar-refractivity contribution in [2.75, 3.05) is 17.4 Å². The fourth-order valence-electron chi connectivity index (χ4n) is 4.15. The van der Waals surface area contributed by atoms with Gasteiger partial charge in [-0.3, -0.25) is 13.9 Å². The summed E-state index contributed by atoms with van der Waals surface area (Å²) in [6.07, 6.45) is 1.63. The number of unbranched alkanes of at least 4 members (excludes halogenated alkanes) is 1. The third kappa shape index (κ3) is 7.40. The van der Waals surface area contributed by atoms with Crippen molar-refractivity contribution >= 4 is 39.1 Å². The fraction of sp³-hybridized carbons (Fsp3) is 0.333. The number of rotatable bonds is 12. The molecular formula is C30H35ClFN3O4S. The number of amides is 2. The first-order chi connectivity index (χ1) is 19.0. The van der Waals surface area contributed by atoms with Gasteiger partial charge in [0.1, 0.15) is 18.4 Å². The Morgan fingerprint density at radius 1 is 1.00 bits per heavy atom. The van der Waals surface area contributed by atoms with Gasteiger partial charge in [-0.05, 0) is 63.1 Å². The second kappa shape index (κ2) is 13.8. The lowest BCUT2D eigenvalue weighted by molar-refractivity contribution is -0.139. The number of hydrogen-bond acceptors (Lipinski definition) is 4. The number of benzene rings is 3. The number of halogens is 2. The molecular weight excluding hydrogens is 553 g/mol. The van der Waals surface area contributed by atoms with Gasteiger partial charge in [0.15, 0.2) is 0 Å². The Bertz CT molecular complexity index is 1450. The van der Waals surface area contributed by atoms with Gasteiger partial charge in [0.2, 0.25) is 11.8 Å². The van der Waals surface area contributed by atoms with Crippen molar-refractivity contribution < 1.29 is 22.4 Å². The Labute approximate surface area is 241 Å². The van der Waals surface area contributed by atoms with E-state index in [2.05, 4.69) is 5.32 Å². The summed E-state index contributed by atoms with van der Waals surface area (Å²) in [5.74, 6) is -1.62. The lowest BCUT2D eigenvalue weighted by Crippen LogP contribution is -2.51. The Balaban J connectivity index is 2.05. The van der Waals surface area contributed by atoms with Crippen molar-refractivity contribution in [1.29, 1.82) is 0 Å². The molecule has 214 valence electrons. The van der Waals surface area contributed by atoms with Crippen LogP contribution in [0.25, 0.3) is 0 Å². The van der Waals surface area contributed by atoms with E-state index in [0.717, 1.165) is 22.7 Å². The normalized spacial score (nSPS) is 12.1. The molecule has 0 aliphatic heterocycles. The summed E-state index contributed by atoms with van der Waals surface area (Å²) < 4.78 is 43.5. The molecule has 40 heavy (non-hydrogen) atoms. The molecule has 0 saturated heterocycles. The monoisotopic (exact) mass is 587 g/mol. The molecule has 7 nitrogen and oxygen atoms in total. The van der Waals surface area contributed by atoms with Gasteiger partial charge in [0, 0.05) is 23.7 Å². The predicted molar refractivity (Wildman–Crippen MR) is 156 cm³/mol. The minimum Gasteiger partial charge on any atom is -0.354 e. The molecule has 2 amide bonds. The quantitative estimate of drug-likeness (QED) is 0.279. The molecule has 0 heterocycles. The molecule has 3 rings (SSSR count). The van der Waals surface area contributed by atoms with Crippen molar-refractivity contribution in [3.63, 3.8) is 0 Å². The van der Waals surface area contributed by atoms with Crippen LogP contribution in [-0.2, 0) is 26.2 Å². The summed E-state index contributed by atoms with van der Waals surface area (Å²) in [4.78, 5) is 28.1. The predicted octanol–water partition coefficient (Wildman–Crippen LogP) is 5.62. The first kappa shape index (κ1) is 31.1. The second-order valence-corrected chi connectivity index (χ2v) is 11.9. The van der Waals surface area contributed by atoms with E-state index in [1.807, 2.05) is 13.8 Å². The van der Waals surface area contributed by atoms with Gasteiger partial charge in [-0.2, -0.15) is 0 Å². The maximum absolute atomic E-state index is 14.6. The van der Waals surface area contributed by atoms with Crippen LogP contribution in [-0.4, -0.2) is 44.3 Å². The highest BCUT2D eigenvalue weighted by molar-refractivity contribution is 7.92. The van der Waals surface area contributed by atoms with E-state index < -0.39 is 40.2 Å². The van der Waals surface area contributed by atoms with E-state index in [0.29, 0.717) is 17.1 Å². The van der Waals surface area contributed by atoms with Gasteiger partial charge in [-0.25, -0.2) is 12.8 Å². The summed E-state index contributed by atoms with van der Waals surface area (Å²) >= 11 is 6.34. The lowest BCUT2D eigenvalue weighted by atomic mass is 10.1. The van der Waals surface area contributed by atoms with Crippen LogP contribution in [0.5, 0.6) is 0 Å². The fourth-order valence-corrected chi connectivity index (χ4v) is 5.79. The van der Waals surface area contributed by atoms with Crippen molar-refractivity contribution in [2.24, 2.45) is 0 Å². The van der Waals surface area contributed by atoms with Gasteiger partial charge in [-0.1, -0.05) is 66.9 Å². The molecule has 3 aromatic rings. The van der Waals surface area contributed by atoms with Gasteiger partial charge in [0.05, 0.1) is 10.6 Å². The number of nitrogens with zero attached hydrogens (tertiary/aromatic N) is 2. The zero-order chi connectivity index (χ0) is 29.4. The number of carbonyl (C=O) groups excluding carboxylic acids is 2. The maximum Gasteiger partial charge on any atom is 0.264 e. The van der Waals surface area contributed by atoms with Crippen LogP contribution in [0, 0.1) is 19.7 Å². The van der Waals surface area contributed by atoms with Crippen LogP contribution >= 0.6 is 11.6 Å². The molecule has 1 unspecified atom stereocenters. The summed E-state index contributed by atoms with van der Waals surface area (Å²) in [5.41, 5.74) is 1.78. The third-order valence-electron chi connectivity index (χ3n) is 6.69. The molecule has 0 saturated carbocycles. The Hall–Kier alpha value is -3.43. The summed E-state index contributed by atoms with van der Waals surface area (Å²) in [7, 11) is -4.23. The largest absolute Gasteiger partial charge is 0.354 e. The van der Waals surface area contributed by atoms with E-state index in [4.69, 9.17) is 11.6 Å². The first-order valence-corrected chi connectivity index (χ1v) is 14.9. The molecule has 0 spiro atoms. The zero-order valence-electron chi connectivity index (χ0n) is 23.2. The Kier molecular flexibility index (Phi) is 10.7. The zero-order valence-corrected chi connectivity index (χ0v) is 24.7. The van der Waals surface area contributed by atoms with Crippen LogP contribution in [0.4, 0.5) is 10.1 Å². The number of sulfonamides is 1. The van der Waals surface area contributed by atoms with Gasteiger partial charge < -0.3 is 10.2 Å². The maximum atomic E-state index is 14.6. The van der Waals surface area contributed by atoms with E-state index >= 15 is 0 Å². The van der Waals surface area contributed by atoms with Crippen LogP contribution < -0.4 is 9.62 Å². The minimum absolute atomic E-state index is 0.00344. The Morgan fingerprint density at radius 2 is 1.68 bits per heavy atom. The van der Waals surface area contributed by atoms with Gasteiger partial charge >= 0.3 is 0 Å². The summed E-state index contributed by atoms with van der Waals surface area (Å²) in [6.45, 7) is 6.62. The Morgan fingerprint density at radius 3 is 2.33 bits per heavy atom. The summed E-state index contributed by atoms with van der Waals surface area (Å²) in [6, 6.07) is 16.1. The molecule has 0 aliphatic rings. The average Bonchev–Trinajstić information content (AvgIpc) is 2.92. The molecule has 0 fully saturated rings. The van der Waals surface area contributed by atoms with Gasteiger partial charge in [0.25, 0.3) is 10.0 Å². The number of aryl methyl sites for hydroxylation is 1. The van der Waals surface area contributed by atoms with Crippen LogP contribution in [0.3, 0.4) is 0 Å². The van der Waals surface area contributed by atoms with E-state index in [1.54, 1.807) is 50.2 Å². The lowest BCUT2D eigenvalue weighted by Gasteiger charge is -2.32. The molecule has 0 bridgehead atoms. The highest BCUT2D eigenvalue weighted by Gasteiger charge is 2.33. The second-order valence-electron chi connectivity index (χ2n) is 9.64. The van der Waals surface area contributed by atoms with Crippen LogP contribution in [0.15, 0.2) is 71.6 Å². The van der Waals surface area contributed by atoms with Crippen molar-refractivity contribution in [2.45, 2.75) is 58.0 Å². The van der Waals surface area contributed by atoms with E-state index in [9.17, 15) is 22.4 Å². The molecule has 0 aromatic heterocycles. The van der Waals surface area contributed by atoms with Crippen LogP contribution in [0.1, 0.15) is 43.4 Å². The highest BCUT2D eigenvalue weighted by atomic mass is 35.5. The molecule has 0 aliphatic carbocycles. The number of nitrogens with one attached hydrogen (secondary N) is 1. The molecule has 1 N–H and O–H groups in total. The highest BCUT2D eigenvalue weighted by Crippen LogP contribution is 2.31. The number of hydrogen-bond donors (Lipinski definition) is 1. The number of carbonyl (C=O) groups is 2. The standard InChI is InChI=1S/C30H35ClFN3O4S/c1-5-6-18-33-30(37)23(4)34(19-24-10-7-8-12-27(24)32)29(36)20-35(28-13-9-11-26(31)22(28)3)40(38,39)25-16-14-21(2)15-17-25/h7-17,23H,5-6,18-20H2,1-4H3,(H,33,37). The first-order valence-electron chi connectivity index (χ1n) is 13.1. The SMILES string of the molecule is CCCCNC(=O)C(C)N(Cc1ccccc1F)C(=O)CN(c1cccc(Cl)c1C)S(=O)(=O)c1ccc(C)cc1. The topological polar surface area (TPSA) is 86.8 Å². The average molecular weight is 588 g/mol. The molecule has 0 radical (unpaired) electrons. The molecule has 1 atom stereocenters. The smallest absolute Gasteiger partial charge is 0.264 e.